The minimum atomic E-state index is 0.127. The molecule has 154 valence electrons. The lowest BCUT2D eigenvalue weighted by atomic mass is 10.0. The third-order valence-electron chi connectivity index (χ3n) is 4.85. The number of hydrogen-bond acceptors (Lipinski definition) is 7. The van der Waals surface area contributed by atoms with Crippen LogP contribution in [0.25, 0.3) is 27.8 Å². The van der Waals surface area contributed by atoms with Crippen LogP contribution in [0, 0.1) is 0 Å². The fraction of sp³-hybridized carbons (Fsp3) is 0.182. The topological polar surface area (TPSA) is 87.9 Å². The predicted octanol–water partition coefficient (Wildman–Crippen LogP) is 3.83. The number of aromatic hydroxyl groups is 1. The smallest absolute Gasteiger partial charge is 0.203 e. The Kier molecular flexibility index (Phi) is 5.05. The largest absolute Gasteiger partial charge is 0.508 e. The van der Waals surface area contributed by atoms with Gasteiger partial charge in [-0.3, -0.25) is 9.55 Å². The molecule has 0 aliphatic rings. The Bertz CT molecular complexity index is 1190. The second-order valence-electron chi connectivity index (χ2n) is 6.44. The van der Waals surface area contributed by atoms with Crippen LogP contribution in [0.3, 0.4) is 0 Å². The van der Waals surface area contributed by atoms with Gasteiger partial charge in [-0.1, -0.05) is 0 Å². The standard InChI is InChI=1S/C22H21N3O5/c1-27-18-6-5-14(26)9-15(18)16-10-23-11-17-21(16)25(12-24-17)13-7-19(28-2)22(30-4)20(8-13)29-3/h5-12,26H,1-4H3. The van der Waals surface area contributed by atoms with Crippen molar-refractivity contribution in [3.05, 3.63) is 49.1 Å². The molecule has 0 unspecified atom stereocenters. The first-order valence-corrected chi connectivity index (χ1v) is 9.10. The Morgan fingerprint density at radius 1 is 0.800 bits per heavy atom. The fourth-order valence-electron chi connectivity index (χ4n) is 3.47. The van der Waals surface area contributed by atoms with Crippen LogP contribution in [0.2, 0.25) is 0 Å². The number of hydrogen-bond donors (Lipinski definition) is 1. The molecule has 0 fully saturated rings. The summed E-state index contributed by atoms with van der Waals surface area (Å²) in [5.41, 5.74) is 3.70. The SMILES string of the molecule is COc1ccc(O)cc1-c1cncc2ncn(-c3cc(OC)c(OC)c(OC)c3)c12. The quantitative estimate of drug-likeness (QED) is 0.520. The zero-order valence-electron chi connectivity index (χ0n) is 17.0. The number of phenolic OH excluding ortho intramolecular Hbond substituents is 1. The summed E-state index contributed by atoms with van der Waals surface area (Å²) in [6.07, 6.45) is 5.10. The van der Waals surface area contributed by atoms with Gasteiger partial charge in [0.2, 0.25) is 5.75 Å². The molecular weight excluding hydrogens is 386 g/mol. The van der Waals surface area contributed by atoms with Crippen molar-refractivity contribution in [3.8, 4) is 45.6 Å². The number of aromatic nitrogens is 3. The van der Waals surface area contributed by atoms with Gasteiger partial charge in [0.05, 0.1) is 45.8 Å². The van der Waals surface area contributed by atoms with Gasteiger partial charge in [0.15, 0.2) is 11.5 Å². The van der Waals surface area contributed by atoms with E-state index in [0.29, 0.717) is 34.1 Å². The molecule has 0 spiro atoms. The van der Waals surface area contributed by atoms with Crippen LogP contribution in [-0.2, 0) is 0 Å². The summed E-state index contributed by atoms with van der Waals surface area (Å²) < 4.78 is 23.8. The Balaban J connectivity index is 2.01. The lowest BCUT2D eigenvalue weighted by Crippen LogP contribution is -2.00. The van der Waals surface area contributed by atoms with Crippen molar-refractivity contribution in [3.63, 3.8) is 0 Å². The third kappa shape index (κ3) is 3.12. The van der Waals surface area contributed by atoms with Crippen LogP contribution in [-0.4, -0.2) is 48.1 Å². The molecule has 0 saturated carbocycles. The van der Waals surface area contributed by atoms with Crippen LogP contribution in [0.5, 0.6) is 28.7 Å². The second-order valence-corrected chi connectivity index (χ2v) is 6.44. The van der Waals surface area contributed by atoms with Crippen LogP contribution < -0.4 is 18.9 Å². The summed E-state index contributed by atoms with van der Waals surface area (Å²) in [5.74, 6) is 2.30. The average Bonchev–Trinajstić information content (AvgIpc) is 3.22. The van der Waals surface area contributed by atoms with E-state index in [4.69, 9.17) is 18.9 Å². The number of rotatable bonds is 6. The minimum absolute atomic E-state index is 0.127. The van der Waals surface area contributed by atoms with E-state index in [2.05, 4.69) is 9.97 Å². The van der Waals surface area contributed by atoms with Crippen LogP contribution in [0.1, 0.15) is 0 Å². The first-order valence-electron chi connectivity index (χ1n) is 9.10. The number of ether oxygens (including phenoxy) is 4. The first-order chi connectivity index (χ1) is 14.6. The molecule has 2 aromatic heterocycles. The monoisotopic (exact) mass is 407 g/mol. The molecule has 4 aromatic rings. The highest BCUT2D eigenvalue weighted by molar-refractivity contribution is 5.94. The van der Waals surface area contributed by atoms with Gasteiger partial charge < -0.3 is 24.1 Å². The molecule has 0 amide bonds. The number of methoxy groups -OCH3 is 4. The van der Waals surface area contributed by atoms with E-state index in [1.165, 1.54) is 0 Å². The van der Waals surface area contributed by atoms with Gasteiger partial charge in [0, 0.05) is 29.5 Å². The van der Waals surface area contributed by atoms with Gasteiger partial charge in [-0.25, -0.2) is 4.98 Å². The molecule has 8 heteroatoms. The Hall–Kier alpha value is -3.94. The molecule has 0 atom stereocenters. The molecule has 0 radical (unpaired) electrons. The minimum Gasteiger partial charge on any atom is -0.508 e. The summed E-state index contributed by atoms with van der Waals surface area (Å²) in [4.78, 5) is 8.81. The zero-order chi connectivity index (χ0) is 21.3. The van der Waals surface area contributed by atoms with Gasteiger partial charge in [-0.05, 0) is 18.2 Å². The van der Waals surface area contributed by atoms with E-state index in [-0.39, 0.29) is 5.75 Å². The highest BCUT2D eigenvalue weighted by Gasteiger charge is 2.19. The van der Waals surface area contributed by atoms with Gasteiger partial charge in [0.1, 0.15) is 23.3 Å². The van der Waals surface area contributed by atoms with Gasteiger partial charge in [-0.2, -0.15) is 0 Å². The summed E-state index contributed by atoms with van der Waals surface area (Å²) in [6.45, 7) is 0. The number of benzene rings is 2. The Morgan fingerprint density at radius 3 is 2.13 bits per heavy atom. The zero-order valence-corrected chi connectivity index (χ0v) is 17.0. The second kappa shape index (κ2) is 7.82. The molecule has 8 nitrogen and oxygen atoms in total. The van der Waals surface area contributed by atoms with Gasteiger partial charge in [-0.15, -0.1) is 0 Å². The third-order valence-corrected chi connectivity index (χ3v) is 4.85. The molecule has 1 N–H and O–H groups in total. The van der Waals surface area contributed by atoms with Gasteiger partial charge in [0.25, 0.3) is 0 Å². The van der Waals surface area contributed by atoms with Crippen LogP contribution >= 0.6 is 0 Å². The molecule has 2 aromatic carbocycles. The summed E-state index contributed by atoms with van der Waals surface area (Å²) in [6, 6.07) is 8.61. The highest BCUT2D eigenvalue weighted by atomic mass is 16.5. The molecule has 4 rings (SSSR count). The van der Waals surface area contributed by atoms with E-state index >= 15 is 0 Å². The molecule has 0 saturated heterocycles. The van der Waals surface area contributed by atoms with Crippen molar-refractivity contribution >= 4 is 11.0 Å². The lowest BCUT2D eigenvalue weighted by molar-refractivity contribution is 0.324. The van der Waals surface area contributed by atoms with E-state index in [9.17, 15) is 5.11 Å². The maximum atomic E-state index is 10.1. The maximum Gasteiger partial charge on any atom is 0.203 e. The molecule has 30 heavy (non-hydrogen) atoms. The number of fused-ring (bicyclic) bond motifs is 1. The van der Waals surface area contributed by atoms with Crippen LogP contribution in [0.4, 0.5) is 0 Å². The van der Waals surface area contributed by atoms with Crippen molar-refractivity contribution in [1.82, 2.24) is 14.5 Å². The lowest BCUT2D eigenvalue weighted by Gasteiger charge is -2.16. The molecular formula is C22H21N3O5. The van der Waals surface area contributed by atoms with Crippen molar-refractivity contribution < 1.29 is 24.1 Å². The van der Waals surface area contributed by atoms with Gasteiger partial charge >= 0.3 is 0 Å². The summed E-state index contributed by atoms with van der Waals surface area (Å²) in [5, 5.41) is 10.1. The Morgan fingerprint density at radius 2 is 1.50 bits per heavy atom. The average molecular weight is 407 g/mol. The number of pyridine rings is 1. The van der Waals surface area contributed by atoms with E-state index < -0.39 is 0 Å². The number of nitrogens with zero attached hydrogens (tertiary/aromatic N) is 3. The molecule has 0 aliphatic carbocycles. The van der Waals surface area contributed by atoms with E-state index in [1.54, 1.807) is 65.4 Å². The molecule has 0 aliphatic heterocycles. The molecule has 2 heterocycles. The molecule has 0 bridgehead atoms. The fourth-order valence-corrected chi connectivity index (χ4v) is 3.47. The predicted molar refractivity (Wildman–Crippen MR) is 112 cm³/mol. The summed E-state index contributed by atoms with van der Waals surface area (Å²) in [7, 11) is 6.28. The first kappa shape index (κ1) is 19.4. The number of imidazole rings is 1. The normalized spacial score (nSPS) is 10.8. The van der Waals surface area contributed by atoms with Crippen molar-refractivity contribution in [2.24, 2.45) is 0 Å². The Labute approximate surface area is 173 Å². The summed E-state index contributed by atoms with van der Waals surface area (Å²) >= 11 is 0. The number of phenols is 1. The maximum absolute atomic E-state index is 10.1. The van der Waals surface area contributed by atoms with E-state index in [0.717, 1.165) is 16.8 Å². The van der Waals surface area contributed by atoms with Crippen molar-refractivity contribution in [2.45, 2.75) is 0 Å². The van der Waals surface area contributed by atoms with E-state index in [1.807, 2.05) is 16.7 Å². The van der Waals surface area contributed by atoms with Crippen LogP contribution in [0.15, 0.2) is 49.1 Å². The van der Waals surface area contributed by atoms with Crippen molar-refractivity contribution in [2.75, 3.05) is 28.4 Å². The van der Waals surface area contributed by atoms with Crippen molar-refractivity contribution in [1.29, 1.82) is 0 Å². The highest BCUT2D eigenvalue weighted by Crippen LogP contribution is 2.41.